The maximum Gasteiger partial charge on any atom is 0.310 e. The zero-order chi connectivity index (χ0) is 15.7. The standard InChI is InChI=1S/C14H14N2O5S.CH4/c1-2-20-14-12-9(5-6-15-14)8-10-11(17)4-3-7-22(18,19)21-13(10)16-12;/h5-6,8H,2-4,7H2,1H3;1H4. The van der Waals surface area contributed by atoms with Gasteiger partial charge in [0.15, 0.2) is 5.78 Å². The van der Waals surface area contributed by atoms with Gasteiger partial charge in [-0.15, -0.1) is 0 Å². The van der Waals surface area contributed by atoms with Crippen LogP contribution in [0.2, 0.25) is 0 Å². The molecule has 1 aliphatic heterocycles. The third-order valence-corrected chi connectivity index (χ3v) is 4.45. The smallest absolute Gasteiger partial charge is 0.310 e. The van der Waals surface area contributed by atoms with E-state index in [-0.39, 0.29) is 49.1 Å². The number of carbonyl (C=O) groups excluding carboxylic acids is 1. The molecule has 3 rings (SSSR count). The van der Waals surface area contributed by atoms with Gasteiger partial charge in [0.2, 0.25) is 11.8 Å². The second-order valence-corrected chi connectivity index (χ2v) is 6.52. The fraction of sp³-hybridized carbons (Fsp3) is 0.400. The Morgan fingerprint density at radius 2 is 2.17 bits per heavy atom. The molecule has 0 bridgehead atoms. The Morgan fingerprint density at radius 3 is 2.91 bits per heavy atom. The predicted molar refractivity (Wildman–Crippen MR) is 85.4 cm³/mol. The number of fused-ring (bicyclic) bond motifs is 2. The summed E-state index contributed by atoms with van der Waals surface area (Å²) in [6.07, 6.45) is 1.93. The lowest BCUT2D eigenvalue weighted by atomic mass is 10.1. The highest BCUT2D eigenvalue weighted by molar-refractivity contribution is 7.87. The van der Waals surface area contributed by atoms with E-state index in [9.17, 15) is 13.2 Å². The van der Waals surface area contributed by atoms with Crippen molar-refractivity contribution in [2.24, 2.45) is 0 Å². The molecule has 8 heteroatoms. The summed E-state index contributed by atoms with van der Waals surface area (Å²) in [7, 11) is -3.75. The molecule has 0 saturated heterocycles. The van der Waals surface area contributed by atoms with E-state index in [1.165, 1.54) is 0 Å². The van der Waals surface area contributed by atoms with Crippen molar-refractivity contribution in [1.29, 1.82) is 0 Å². The fourth-order valence-electron chi connectivity index (χ4n) is 2.27. The first-order valence-corrected chi connectivity index (χ1v) is 8.46. The first-order chi connectivity index (χ1) is 10.5. The number of nitrogens with zero attached hydrogens (tertiary/aromatic N) is 2. The summed E-state index contributed by atoms with van der Waals surface area (Å²) in [4.78, 5) is 20.4. The topological polar surface area (TPSA) is 95.5 Å². The average Bonchev–Trinajstić information content (AvgIpc) is 2.45. The van der Waals surface area contributed by atoms with Gasteiger partial charge < -0.3 is 8.92 Å². The van der Waals surface area contributed by atoms with Crippen molar-refractivity contribution in [3.8, 4) is 11.8 Å². The van der Waals surface area contributed by atoms with Crippen LogP contribution in [-0.2, 0) is 10.1 Å². The maximum atomic E-state index is 12.2. The number of carbonyl (C=O) groups is 1. The number of ether oxygens (including phenoxy) is 1. The summed E-state index contributed by atoms with van der Waals surface area (Å²) in [5.74, 6) is -0.318. The van der Waals surface area contributed by atoms with E-state index in [4.69, 9.17) is 8.92 Å². The van der Waals surface area contributed by atoms with Gasteiger partial charge in [-0.05, 0) is 25.5 Å². The van der Waals surface area contributed by atoms with E-state index >= 15 is 0 Å². The highest BCUT2D eigenvalue weighted by atomic mass is 32.2. The summed E-state index contributed by atoms with van der Waals surface area (Å²) in [5, 5.41) is 0.645. The first-order valence-electron chi connectivity index (χ1n) is 6.88. The number of hydrogen-bond acceptors (Lipinski definition) is 7. The lowest BCUT2D eigenvalue weighted by molar-refractivity contribution is 0.0978. The van der Waals surface area contributed by atoms with Gasteiger partial charge in [-0.2, -0.15) is 8.42 Å². The van der Waals surface area contributed by atoms with Crippen LogP contribution in [0.25, 0.3) is 10.9 Å². The van der Waals surface area contributed by atoms with E-state index in [0.717, 1.165) is 0 Å². The molecule has 0 amide bonds. The van der Waals surface area contributed by atoms with Crippen molar-refractivity contribution in [2.45, 2.75) is 27.2 Å². The maximum absolute atomic E-state index is 12.2. The Bertz CT molecular complexity index is 848. The molecule has 124 valence electrons. The monoisotopic (exact) mass is 338 g/mol. The van der Waals surface area contributed by atoms with Crippen LogP contribution in [0.4, 0.5) is 0 Å². The predicted octanol–water partition coefficient (Wildman–Crippen LogP) is 2.35. The SMILES string of the molecule is C.CCOc1nccc2cc3c(nc12)OS(=O)(=O)CCCC3=O. The molecule has 0 N–H and O–H groups in total. The third-order valence-electron chi connectivity index (χ3n) is 3.25. The van der Waals surface area contributed by atoms with Gasteiger partial charge in [0.25, 0.3) is 0 Å². The van der Waals surface area contributed by atoms with Crippen molar-refractivity contribution in [2.75, 3.05) is 12.4 Å². The van der Waals surface area contributed by atoms with Gasteiger partial charge in [-0.1, -0.05) is 7.43 Å². The van der Waals surface area contributed by atoms with Crippen molar-refractivity contribution in [1.82, 2.24) is 9.97 Å². The van der Waals surface area contributed by atoms with Crippen LogP contribution in [0, 0.1) is 0 Å². The number of rotatable bonds is 2. The molecule has 0 aliphatic carbocycles. The molecule has 3 heterocycles. The van der Waals surface area contributed by atoms with Crippen molar-refractivity contribution >= 4 is 26.8 Å². The van der Waals surface area contributed by atoms with Crippen LogP contribution < -0.4 is 8.92 Å². The van der Waals surface area contributed by atoms with E-state index in [1.54, 1.807) is 25.3 Å². The minimum atomic E-state index is -3.75. The number of Topliss-reactive ketones (excluding diaryl/α,β-unsaturated/α-hetero) is 1. The van der Waals surface area contributed by atoms with E-state index in [0.29, 0.717) is 17.5 Å². The van der Waals surface area contributed by atoms with Gasteiger partial charge in [-0.25, -0.2) is 9.97 Å². The first kappa shape index (κ1) is 17.1. The van der Waals surface area contributed by atoms with Crippen LogP contribution in [0.1, 0.15) is 37.6 Å². The summed E-state index contributed by atoms with van der Waals surface area (Å²) >= 11 is 0. The Hall–Kier alpha value is -2.22. The lowest BCUT2D eigenvalue weighted by Gasteiger charge is -2.15. The quantitative estimate of drug-likeness (QED) is 0.775. The Morgan fingerprint density at radius 1 is 1.39 bits per heavy atom. The lowest BCUT2D eigenvalue weighted by Crippen LogP contribution is -2.20. The van der Waals surface area contributed by atoms with E-state index in [2.05, 4.69) is 9.97 Å². The van der Waals surface area contributed by atoms with Crippen LogP contribution in [0.5, 0.6) is 11.8 Å². The average molecular weight is 338 g/mol. The Kier molecular flexibility index (Phi) is 4.84. The summed E-state index contributed by atoms with van der Waals surface area (Å²) in [5.41, 5.74) is 0.538. The second kappa shape index (κ2) is 6.49. The van der Waals surface area contributed by atoms with E-state index < -0.39 is 10.1 Å². The minimum Gasteiger partial charge on any atom is -0.476 e. The molecule has 0 atom stereocenters. The zero-order valence-electron chi connectivity index (χ0n) is 11.9. The molecule has 0 saturated carbocycles. The molecule has 23 heavy (non-hydrogen) atoms. The molecular formula is C15H18N2O5S. The number of ketones is 1. The number of hydrogen-bond donors (Lipinski definition) is 0. The zero-order valence-corrected chi connectivity index (χ0v) is 12.7. The molecule has 2 aromatic rings. The molecule has 2 aromatic heterocycles. The molecule has 0 fully saturated rings. The van der Waals surface area contributed by atoms with Crippen LogP contribution in [-0.4, -0.2) is 36.5 Å². The second-order valence-electron chi connectivity index (χ2n) is 4.83. The number of pyridine rings is 2. The fourth-order valence-corrected chi connectivity index (χ4v) is 3.22. The van der Waals surface area contributed by atoms with Gasteiger partial charge in [0.05, 0.1) is 17.9 Å². The summed E-state index contributed by atoms with van der Waals surface area (Å²) in [6.45, 7) is 2.20. The van der Waals surface area contributed by atoms with E-state index in [1.807, 2.05) is 0 Å². The Labute approximate surface area is 134 Å². The molecular weight excluding hydrogens is 320 g/mol. The molecule has 0 radical (unpaired) electrons. The van der Waals surface area contributed by atoms with Gasteiger partial charge in [-0.3, -0.25) is 4.79 Å². The van der Waals surface area contributed by atoms with Crippen LogP contribution >= 0.6 is 0 Å². The summed E-state index contributed by atoms with van der Waals surface area (Å²) in [6, 6.07) is 3.26. The van der Waals surface area contributed by atoms with Crippen molar-refractivity contribution in [3.05, 3.63) is 23.9 Å². The van der Waals surface area contributed by atoms with Crippen LogP contribution in [0.3, 0.4) is 0 Å². The summed E-state index contributed by atoms with van der Waals surface area (Å²) < 4.78 is 34.0. The van der Waals surface area contributed by atoms with Crippen LogP contribution in [0.15, 0.2) is 18.3 Å². The molecule has 0 spiro atoms. The largest absolute Gasteiger partial charge is 0.476 e. The van der Waals surface area contributed by atoms with Gasteiger partial charge >= 0.3 is 10.1 Å². The molecule has 0 aromatic carbocycles. The Balaban J connectivity index is 0.00000192. The molecule has 0 unspecified atom stereocenters. The normalized spacial score (nSPS) is 16.5. The molecule has 7 nitrogen and oxygen atoms in total. The van der Waals surface area contributed by atoms with Crippen molar-refractivity contribution < 1.29 is 22.1 Å². The highest BCUT2D eigenvalue weighted by Crippen LogP contribution is 2.30. The highest BCUT2D eigenvalue weighted by Gasteiger charge is 2.25. The van der Waals surface area contributed by atoms with Gasteiger partial charge in [0.1, 0.15) is 5.52 Å². The minimum absolute atomic E-state index is 0. The number of aromatic nitrogens is 2. The van der Waals surface area contributed by atoms with Crippen molar-refractivity contribution in [3.63, 3.8) is 0 Å². The molecule has 1 aliphatic rings. The van der Waals surface area contributed by atoms with Gasteiger partial charge in [0, 0.05) is 18.0 Å². The third kappa shape index (κ3) is 3.42.